The highest BCUT2D eigenvalue weighted by Crippen LogP contribution is 2.63. The van der Waals surface area contributed by atoms with Gasteiger partial charge in [0.2, 0.25) is 0 Å². The van der Waals surface area contributed by atoms with Crippen LogP contribution in [0.15, 0.2) is 0 Å². The third-order valence-corrected chi connectivity index (χ3v) is 5.11. The van der Waals surface area contributed by atoms with Crippen LogP contribution in [0.5, 0.6) is 0 Å². The summed E-state index contributed by atoms with van der Waals surface area (Å²) in [5.41, 5.74) is -1.69. The second kappa shape index (κ2) is 4.66. The van der Waals surface area contributed by atoms with Gasteiger partial charge in [0.25, 0.3) is 0 Å². The zero-order chi connectivity index (χ0) is 12.5. The Morgan fingerprint density at radius 3 is 1.80 bits per heavy atom. The van der Waals surface area contributed by atoms with E-state index in [4.69, 9.17) is 0 Å². The van der Waals surface area contributed by atoms with Crippen LogP contribution in [0.1, 0.15) is 34.6 Å². The van der Waals surface area contributed by atoms with Crippen molar-refractivity contribution in [1.82, 2.24) is 0 Å². The zero-order valence-electron chi connectivity index (χ0n) is 9.50. The maximum atomic E-state index is 11.3. The summed E-state index contributed by atoms with van der Waals surface area (Å²) in [7, 11) is -8.61. The number of hydrogen-bond donors (Lipinski definition) is 2. The van der Waals surface area contributed by atoms with Crippen LogP contribution in [0.2, 0.25) is 0 Å². The Morgan fingerprint density at radius 2 is 1.53 bits per heavy atom. The molecule has 0 aromatic heterocycles. The Balaban J connectivity index is 4.67. The fourth-order valence-corrected chi connectivity index (χ4v) is 3.37. The Morgan fingerprint density at radius 1 is 1.13 bits per heavy atom. The Hall–Kier alpha value is 0.300. The van der Waals surface area contributed by atoms with Crippen LogP contribution in [0, 0.1) is 0 Å². The molecule has 0 fully saturated rings. The van der Waals surface area contributed by atoms with Gasteiger partial charge in [-0.3, -0.25) is 9.09 Å². The van der Waals surface area contributed by atoms with Crippen molar-refractivity contribution < 1.29 is 27.8 Å². The number of phosphoric ester groups is 1. The molecule has 15 heavy (non-hydrogen) atoms. The van der Waals surface area contributed by atoms with E-state index < -0.39 is 26.7 Å². The molecule has 0 saturated carbocycles. The van der Waals surface area contributed by atoms with Gasteiger partial charge < -0.3 is 9.79 Å². The van der Waals surface area contributed by atoms with Crippen molar-refractivity contribution in [2.45, 2.75) is 45.9 Å². The first-order chi connectivity index (χ1) is 6.36. The summed E-state index contributed by atoms with van der Waals surface area (Å²) in [5.74, 6) is 0. The predicted molar refractivity (Wildman–Crippen MR) is 56.7 cm³/mol. The number of hydrogen-bond acceptors (Lipinski definition) is 4. The summed E-state index contributed by atoms with van der Waals surface area (Å²) in [6.07, 6.45) is 0. The number of phosphoric acid groups is 1. The second-order valence-corrected chi connectivity index (χ2v) is 8.35. The Kier molecular flexibility index (Phi) is 4.75. The predicted octanol–water partition coefficient (Wildman–Crippen LogP) is 2.51. The molecular formula is C7H18O6P2. The van der Waals surface area contributed by atoms with E-state index in [1.165, 1.54) is 34.6 Å². The molecule has 0 bridgehead atoms. The smallest absolute Gasteiger partial charge is 0.324 e. The molecule has 92 valence electrons. The molecule has 0 saturated heterocycles. The largest absolute Gasteiger partial charge is 0.479 e. The lowest BCUT2D eigenvalue weighted by molar-refractivity contribution is 0.0826. The molecular weight excluding hydrogens is 242 g/mol. The Bertz CT molecular complexity index is 305. The molecule has 2 unspecified atom stereocenters. The van der Waals surface area contributed by atoms with Gasteiger partial charge in [-0.05, 0) is 20.8 Å². The summed E-state index contributed by atoms with van der Waals surface area (Å²) in [5, 5.41) is 0. The average Bonchev–Trinajstić information content (AvgIpc) is 1.75. The van der Waals surface area contributed by atoms with Crippen molar-refractivity contribution in [3.8, 4) is 0 Å². The highest BCUT2D eigenvalue weighted by molar-refractivity contribution is 7.64. The maximum absolute atomic E-state index is 11.3. The van der Waals surface area contributed by atoms with Gasteiger partial charge in [0.05, 0.1) is 11.3 Å². The molecule has 6 nitrogen and oxygen atoms in total. The van der Waals surface area contributed by atoms with Gasteiger partial charge >= 0.3 is 15.4 Å². The van der Waals surface area contributed by atoms with E-state index in [0.29, 0.717) is 0 Å². The van der Waals surface area contributed by atoms with E-state index in [1.54, 1.807) is 0 Å². The van der Waals surface area contributed by atoms with Crippen molar-refractivity contribution in [2.24, 2.45) is 0 Å². The van der Waals surface area contributed by atoms with E-state index in [2.05, 4.69) is 8.83 Å². The van der Waals surface area contributed by atoms with Crippen LogP contribution in [0.3, 0.4) is 0 Å². The molecule has 0 rings (SSSR count). The van der Waals surface area contributed by atoms with Crippen molar-refractivity contribution in [2.75, 3.05) is 0 Å². The quantitative estimate of drug-likeness (QED) is 0.754. The van der Waals surface area contributed by atoms with Crippen LogP contribution in [-0.4, -0.2) is 21.0 Å². The summed E-state index contributed by atoms with van der Waals surface area (Å²) in [6, 6.07) is 0. The zero-order valence-corrected chi connectivity index (χ0v) is 11.3. The van der Waals surface area contributed by atoms with Crippen LogP contribution >= 0.6 is 15.4 Å². The van der Waals surface area contributed by atoms with Gasteiger partial charge in [-0.15, -0.1) is 0 Å². The molecule has 0 aromatic carbocycles. The van der Waals surface area contributed by atoms with E-state index >= 15 is 0 Å². The van der Waals surface area contributed by atoms with Crippen LogP contribution in [0.25, 0.3) is 0 Å². The average molecular weight is 260 g/mol. The molecule has 2 atom stereocenters. The second-order valence-electron chi connectivity index (χ2n) is 4.41. The molecule has 0 heterocycles. The van der Waals surface area contributed by atoms with E-state index in [0.717, 1.165) is 0 Å². The third kappa shape index (κ3) is 6.46. The lowest BCUT2D eigenvalue weighted by Crippen LogP contribution is -2.18. The molecule has 0 aliphatic carbocycles. The van der Waals surface area contributed by atoms with Gasteiger partial charge in [0, 0.05) is 0 Å². The van der Waals surface area contributed by atoms with Gasteiger partial charge in [-0.25, -0.2) is 8.88 Å². The first kappa shape index (κ1) is 15.3. The first-order valence-electron chi connectivity index (χ1n) is 4.43. The van der Waals surface area contributed by atoms with Crippen molar-refractivity contribution in [3.63, 3.8) is 0 Å². The highest BCUT2D eigenvalue weighted by atomic mass is 31.3. The molecule has 0 aliphatic rings. The third-order valence-electron chi connectivity index (χ3n) is 1.26. The van der Waals surface area contributed by atoms with E-state index in [9.17, 15) is 18.9 Å². The normalized spacial score (nSPS) is 21.1. The van der Waals surface area contributed by atoms with Crippen molar-refractivity contribution >= 4 is 15.4 Å². The molecule has 0 radical (unpaired) electrons. The topological polar surface area (TPSA) is 93.1 Å². The minimum atomic E-state index is -4.50. The highest BCUT2D eigenvalue weighted by Gasteiger charge is 2.38. The van der Waals surface area contributed by atoms with E-state index in [-0.39, 0.29) is 0 Å². The summed E-state index contributed by atoms with van der Waals surface area (Å²) in [4.78, 5) is 18.5. The fourth-order valence-electron chi connectivity index (χ4n) is 0.605. The van der Waals surface area contributed by atoms with Crippen LogP contribution in [0.4, 0.5) is 0 Å². The molecule has 0 aliphatic heterocycles. The van der Waals surface area contributed by atoms with Crippen LogP contribution < -0.4 is 0 Å². The van der Waals surface area contributed by atoms with Gasteiger partial charge in [0.15, 0.2) is 0 Å². The van der Waals surface area contributed by atoms with Gasteiger partial charge in [0.1, 0.15) is 0 Å². The van der Waals surface area contributed by atoms with Gasteiger partial charge in [-0.2, -0.15) is 0 Å². The Labute approximate surface area is 89.8 Å². The fraction of sp³-hybridized carbons (Fsp3) is 1.00. The summed E-state index contributed by atoms with van der Waals surface area (Å²) < 4.78 is 31.6. The first-order valence-corrected chi connectivity index (χ1v) is 7.57. The minimum absolute atomic E-state index is 0.762. The molecule has 8 heteroatoms. The number of rotatable bonds is 4. The molecule has 0 spiro atoms. The summed E-state index contributed by atoms with van der Waals surface area (Å²) in [6.45, 7) is 7.44. The van der Waals surface area contributed by atoms with Gasteiger partial charge in [-0.1, -0.05) is 13.8 Å². The lowest BCUT2D eigenvalue weighted by atomic mass is 10.2. The monoisotopic (exact) mass is 260 g/mol. The maximum Gasteiger partial charge on any atom is 0.479 e. The minimum Gasteiger partial charge on any atom is -0.324 e. The molecule has 0 amide bonds. The van der Waals surface area contributed by atoms with Crippen molar-refractivity contribution in [3.05, 3.63) is 0 Å². The van der Waals surface area contributed by atoms with Crippen molar-refractivity contribution in [1.29, 1.82) is 0 Å². The lowest BCUT2D eigenvalue weighted by Gasteiger charge is -2.25. The SMILES string of the molecule is CC(C)P(=O)(O)OP(=O)(O)OC(C)(C)C. The standard InChI is InChI=1S/C7H18O6P2/c1-6(2)14(8,9)13-15(10,11)12-7(3,4)5/h6H,1-5H3,(H,8,9)(H,10,11). The van der Waals surface area contributed by atoms with Crippen LogP contribution in [-0.2, 0) is 18.0 Å². The van der Waals surface area contributed by atoms with E-state index in [1.807, 2.05) is 0 Å². The summed E-state index contributed by atoms with van der Waals surface area (Å²) >= 11 is 0. The molecule has 2 N–H and O–H groups in total. The molecule has 0 aromatic rings.